The van der Waals surface area contributed by atoms with Gasteiger partial charge in [-0.25, -0.2) is 4.98 Å². The van der Waals surface area contributed by atoms with Crippen LogP contribution in [-0.2, 0) is 13.0 Å². The summed E-state index contributed by atoms with van der Waals surface area (Å²) >= 11 is 0. The maximum atomic E-state index is 12.6. The number of rotatable bonds is 3. The van der Waals surface area contributed by atoms with Gasteiger partial charge in [0.05, 0.1) is 18.1 Å². The summed E-state index contributed by atoms with van der Waals surface area (Å²) in [6.07, 6.45) is 6.71. The summed E-state index contributed by atoms with van der Waals surface area (Å²) < 4.78 is 4.91. The Hall–Kier alpha value is -3.62. The van der Waals surface area contributed by atoms with E-state index in [4.69, 9.17) is 4.52 Å². The maximum absolute atomic E-state index is 12.6. The monoisotopic (exact) mass is 364 g/mol. The Kier molecular flexibility index (Phi) is 4.33. The highest BCUT2D eigenvalue weighted by molar-refractivity contribution is 6.02. The van der Waals surface area contributed by atoms with Gasteiger partial charge in [-0.1, -0.05) is 5.16 Å². The molecule has 4 rings (SSSR count). The summed E-state index contributed by atoms with van der Waals surface area (Å²) in [6.45, 7) is 2.66. The molecule has 0 spiro atoms. The number of pyridine rings is 1. The second kappa shape index (κ2) is 6.94. The fourth-order valence-electron chi connectivity index (χ4n) is 2.91. The van der Waals surface area contributed by atoms with Crippen molar-refractivity contribution in [1.29, 1.82) is 0 Å². The molecule has 9 nitrogen and oxygen atoms in total. The third-order valence-corrected chi connectivity index (χ3v) is 4.23. The number of fused-ring (bicyclic) bond motifs is 1. The van der Waals surface area contributed by atoms with Crippen LogP contribution in [0.3, 0.4) is 0 Å². The van der Waals surface area contributed by atoms with Crippen molar-refractivity contribution in [1.82, 2.24) is 25.0 Å². The van der Waals surface area contributed by atoms with Gasteiger partial charge in [0.1, 0.15) is 11.5 Å². The lowest BCUT2D eigenvalue weighted by Crippen LogP contribution is -2.36. The van der Waals surface area contributed by atoms with Gasteiger partial charge in [-0.05, 0) is 18.6 Å². The molecule has 0 aromatic carbocycles. The SMILES string of the molecule is Cc1cc(C(=O)Nc2cnc3c(c2)CN(C(=O)c2cnccn2)CC3)no1. The van der Waals surface area contributed by atoms with Crippen LogP contribution in [0.4, 0.5) is 5.69 Å². The number of aromatic nitrogens is 4. The van der Waals surface area contributed by atoms with Gasteiger partial charge in [0.25, 0.3) is 11.8 Å². The molecule has 4 heterocycles. The standard InChI is InChI=1S/C18H16N6O3/c1-11-6-15(23-27-11)17(25)22-13-7-12-10-24(5-2-14(12)21-8-13)18(26)16-9-19-3-4-20-16/h3-4,6-9H,2,5,10H2,1H3,(H,22,25). The topological polar surface area (TPSA) is 114 Å². The Bertz CT molecular complexity index is 1000. The first-order valence-corrected chi connectivity index (χ1v) is 8.38. The number of hydrogen-bond acceptors (Lipinski definition) is 7. The number of hydrogen-bond donors (Lipinski definition) is 1. The lowest BCUT2D eigenvalue weighted by molar-refractivity contribution is 0.0726. The van der Waals surface area contributed by atoms with Crippen LogP contribution in [0, 0.1) is 6.92 Å². The summed E-state index contributed by atoms with van der Waals surface area (Å²) in [5, 5.41) is 6.44. The van der Waals surface area contributed by atoms with Crippen LogP contribution >= 0.6 is 0 Å². The summed E-state index contributed by atoms with van der Waals surface area (Å²) in [4.78, 5) is 38.9. The number of aryl methyl sites for hydroxylation is 1. The van der Waals surface area contributed by atoms with Crippen molar-refractivity contribution in [2.24, 2.45) is 0 Å². The predicted molar refractivity (Wildman–Crippen MR) is 93.9 cm³/mol. The van der Waals surface area contributed by atoms with E-state index in [9.17, 15) is 9.59 Å². The Balaban J connectivity index is 1.50. The maximum Gasteiger partial charge on any atom is 0.277 e. The summed E-state index contributed by atoms with van der Waals surface area (Å²) in [5.41, 5.74) is 2.83. The molecule has 2 amide bonds. The molecular weight excluding hydrogens is 348 g/mol. The molecule has 0 aliphatic carbocycles. The zero-order valence-electron chi connectivity index (χ0n) is 14.5. The van der Waals surface area contributed by atoms with E-state index in [1.807, 2.05) is 6.07 Å². The van der Waals surface area contributed by atoms with E-state index >= 15 is 0 Å². The summed E-state index contributed by atoms with van der Waals surface area (Å²) in [7, 11) is 0. The predicted octanol–water partition coefficient (Wildman–Crippen LogP) is 1.62. The van der Waals surface area contributed by atoms with Gasteiger partial charge in [0.2, 0.25) is 0 Å². The highest BCUT2D eigenvalue weighted by Gasteiger charge is 2.24. The van der Waals surface area contributed by atoms with E-state index in [0.717, 1.165) is 11.3 Å². The highest BCUT2D eigenvalue weighted by Crippen LogP contribution is 2.22. The van der Waals surface area contributed by atoms with Gasteiger partial charge in [0.15, 0.2) is 5.69 Å². The molecule has 1 aliphatic heterocycles. The first kappa shape index (κ1) is 16.8. The number of nitrogens with one attached hydrogen (secondary N) is 1. The molecule has 3 aromatic rings. The molecule has 0 saturated carbocycles. The molecule has 27 heavy (non-hydrogen) atoms. The molecule has 0 fully saturated rings. The van der Waals surface area contributed by atoms with Crippen LogP contribution in [0.25, 0.3) is 0 Å². The van der Waals surface area contributed by atoms with Crippen molar-refractivity contribution < 1.29 is 14.1 Å². The number of nitrogens with zero attached hydrogens (tertiary/aromatic N) is 5. The van der Waals surface area contributed by atoms with Crippen molar-refractivity contribution in [3.05, 3.63) is 65.3 Å². The number of anilines is 1. The Morgan fingerprint density at radius 3 is 2.78 bits per heavy atom. The van der Waals surface area contributed by atoms with E-state index in [0.29, 0.717) is 36.7 Å². The molecule has 1 aliphatic rings. The second-order valence-electron chi connectivity index (χ2n) is 6.17. The van der Waals surface area contributed by atoms with E-state index in [1.54, 1.807) is 24.1 Å². The quantitative estimate of drug-likeness (QED) is 0.751. The van der Waals surface area contributed by atoms with Gasteiger partial charge in [0, 0.05) is 43.7 Å². The van der Waals surface area contributed by atoms with Crippen molar-refractivity contribution in [2.75, 3.05) is 11.9 Å². The smallest absolute Gasteiger partial charge is 0.277 e. The normalized spacial score (nSPS) is 13.1. The minimum atomic E-state index is -0.378. The van der Waals surface area contributed by atoms with E-state index in [-0.39, 0.29) is 17.5 Å². The number of carbonyl (C=O) groups excluding carboxylic acids is 2. The minimum absolute atomic E-state index is 0.179. The van der Waals surface area contributed by atoms with Crippen molar-refractivity contribution in [3.8, 4) is 0 Å². The fraction of sp³-hybridized carbons (Fsp3) is 0.222. The van der Waals surface area contributed by atoms with Crippen LogP contribution in [0.2, 0.25) is 0 Å². The lowest BCUT2D eigenvalue weighted by atomic mass is 10.0. The molecule has 1 N–H and O–H groups in total. The highest BCUT2D eigenvalue weighted by atomic mass is 16.5. The van der Waals surface area contributed by atoms with E-state index in [1.165, 1.54) is 18.6 Å². The van der Waals surface area contributed by atoms with Gasteiger partial charge >= 0.3 is 0 Å². The van der Waals surface area contributed by atoms with E-state index in [2.05, 4.69) is 25.4 Å². The molecule has 136 valence electrons. The van der Waals surface area contributed by atoms with Gasteiger partial charge in [-0.2, -0.15) is 0 Å². The van der Waals surface area contributed by atoms with Crippen LogP contribution in [0.15, 0.2) is 41.4 Å². The second-order valence-corrected chi connectivity index (χ2v) is 6.17. The average molecular weight is 364 g/mol. The molecule has 3 aromatic heterocycles. The molecule has 0 atom stereocenters. The molecule has 0 unspecified atom stereocenters. The van der Waals surface area contributed by atoms with Gasteiger partial charge in [-0.3, -0.25) is 19.6 Å². The Labute approximate surface area is 154 Å². The minimum Gasteiger partial charge on any atom is -0.361 e. The third-order valence-electron chi connectivity index (χ3n) is 4.23. The summed E-state index contributed by atoms with van der Waals surface area (Å²) in [6, 6.07) is 3.38. The fourth-order valence-corrected chi connectivity index (χ4v) is 2.91. The third kappa shape index (κ3) is 3.52. The first-order chi connectivity index (χ1) is 13.1. The van der Waals surface area contributed by atoms with E-state index < -0.39 is 0 Å². The zero-order valence-corrected chi connectivity index (χ0v) is 14.5. The molecule has 0 radical (unpaired) electrons. The Morgan fingerprint density at radius 1 is 1.15 bits per heavy atom. The van der Waals surface area contributed by atoms with Crippen LogP contribution in [0.5, 0.6) is 0 Å². The van der Waals surface area contributed by atoms with Crippen LogP contribution in [0.1, 0.15) is 38.0 Å². The largest absolute Gasteiger partial charge is 0.361 e. The van der Waals surface area contributed by atoms with Crippen molar-refractivity contribution in [3.63, 3.8) is 0 Å². The molecule has 9 heteroatoms. The first-order valence-electron chi connectivity index (χ1n) is 8.38. The summed E-state index contributed by atoms with van der Waals surface area (Å²) in [5.74, 6) is 0.0000410. The Morgan fingerprint density at radius 2 is 2.04 bits per heavy atom. The van der Waals surface area contributed by atoms with Crippen molar-refractivity contribution >= 4 is 17.5 Å². The van der Waals surface area contributed by atoms with Crippen molar-refractivity contribution in [2.45, 2.75) is 19.9 Å². The van der Waals surface area contributed by atoms with Crippen LogP contribution < -0.4 is 5.32 Å². The van der Waals surface area contributed by atoms with Gasteiger partial charge in [-0.15, -0.1) is 0 Å². The van der Waals surface area contributed by atoms with Gasteiger partial charge < -0.3 is 14.7 Å². The zero-order chi connectivity index (χ0) is 18.8. The molecule has 0 bridgehead atoms. The van der Waals surface area contributed by atoms with Crippen LogP contribution in [-0.4, -0.2) is 43.4 Å². The molecule has 0 saturated heterocycles. The molecular formula is C18H16N6O3. The lowest BCUT2D eigenvalue weighted by Gasteiger charge is -2.28. The number of carbonyl (C=O) groups is 2. The number of amides is 2. The average Bonchev–Trinajstić information content (AvgIpc) is 3.14.